The molecular formula is C15H23FN2O2. The largest absolute Gasteiger partial charge is 0.492 e. The van der Waals surface area contributed by atoms with Crippen LogP contribution in [0.4, 0.5) is 4.39 Å². The minimum atomic E-state index is -0.335. The Morgan fingerprint density at radius 1 is 1.50 bits per heavy atom. The van der Waals surface area contributed by atoms with Crippen LogP contribution in [0.15, 0.2) is 24.3 Å². The van der Waals surface area contributed by atoms with Crippen LogP contribution in [0.25, 0.3) is 0 Å². The molecule has 112 valence electrons. The van der Waals surface area contributed by atoms with Gasteiger partial charge < -0.3 is 15.4 Å². The molecule has 1 aromatic rings. The number of rotatable bonds is 8. The fourth-order valence-electron chi connectivity index (χ4n) is 1.97. The fraction of sp³-hybridized carbons (Fsp3) is 0.533. The molecule has 0 spiro atoms. The van der Waals surface area contributed by atoms with Crippen LogP contribution >= 0.6 is 0 Å². The Balaban J connectivity index is 2.39. The third-order valence-corrected chi connectivity index (χ3v) is 3.14. The first-order valence-corrected chi connectivity index (χ1v) is 6.91. The van der Waals surface area contributed by atoms with Gasteiger partial charge in [-0.05, 0) is 18.6 Å². The van der Waals surface area contributed by atoms with Gasteiger partial charge in [-0.15, -0.1) is 0 Å². The summed E-state index contributed by atoms with van der Waals surface area (Å²) in [5, 5.41) is 0. The maximum atomic E-state index is 13.0. The molecule has 5 heteroatoms. The highest BCUT2D eigenvalue weighted by molar-refractivity contribution is 5.78. The van der Waals surface area contributed by atoms with Crippen LogP contribution in [0, 0.1) is 11.7 Å². The highest BCUT2D eigenvalue weighted by atomic mass is 19.1. The summed E-state index contributed by atoms with van der Waals surface area (Å²) >= 11 is 0. The van der Waals surface area contributed by atoms with Gasteiger partial charge in [-0.3, -0.25) is 4.79 Å². The van der Waals surface area contributed by atoms with Gasteiger partial charge >= 0.3 is 0 Å². The summed E-state index contributed by atoms with van der Waals surface area (Å²) in [5.74, 6) is 0.0456. The van der Waals surface area contributed by atoms with Crippen molar-refractivity contribution in [2.45, 2.75) is 19.8 Å². The normalized spacial score (nSPS) is 12.0. The molecule has 1 rings (SSSR count). The zero-order chi connectivity index (χ0) is 15.0. The first-order valence-electron chi connectivity index (χ1n) is 6.91. The third kappa shape index (κ3) is 5.17. The number of ether oxygens (including phenoxy) is 1. The number of hydrogen-bond acceptors (Lipinski definition) is 3. The average Bonchev–Trinajstić information content (AvgIpc) is 2.44. The van der Waals surface area contributed by atoms with E-state index in [1.165, 1.54) is 12.1 Å². The molecule has 1 unspecified atom stereocenters. The molecule has 0 bridgehead atoms. The fourth-order valence-corrected chi connectivity index (χ4v) is 1.97. The number of likely N-dealkylation sites (N-methyl/N-ethyl adjacent to an activating group) is 1. The summed E-state index contributed by atoms with van der Waals surface area (Å²) in [5.41, 5.74) is 5.61. The summed E-state index contributed by atoms with van der Waals surface area (Å²) in [6.07, 6.45) is 1.73. The Labute approximate surface area is 119 Å². The number of benzene rings is 1. The lowest BCUT2D eigenvalue weighted by Gasteiger charge is -2.22. The topological polar surface area (TPSA) is 55.6 Å². The second-order valence-corrected chi connectivity index (χ2v) is 4.79. The van der Waals surface area contributed by atoms with E-state index in [9.17, 15) is 9.18 Å². The molecular weight excluding hydrogens is 259 g/mol. The lowest BCUT2D eigenvalue weighted by atomic mass is 10.0. The summed E-state index contributed by atoms with van der Waals surface area (Å²) in [6.45, 7) is 3.18. The molecule has 0 saturated carbocycles. The molecule has 1 amide bonds. The van der Waals surface area contributed by atoms with Gasteiger partial charge in [-0.2, -0.15) is 0 Å². The summed E-state index contributed by atoms with van der Waals surface area (Å²) < 4.78 is 18.4. The SMILES string of the molecule is CCCC(CN)C(=O)N(C)CCOc1cccc(F)c1. The van der Waals surface area contributed by atoms with Gasteiger partial charge in [-0.25, -0.2) is 4.39 Å². The van der Waals surface area contributed by atoms with Crippen LogP contribution in [0.1, 0.15) is 19.8 Å². The molecule has 4 nitrogen and oxygen atoms in total. The molecule has 0 aliphatic carbocycles. The van der Waals surface area contributed by atoms with E-state index in [2.05, 4.69) is 0 Å². The number of nitrogens with two attached hydrogens (primary N) is 1. The second kappa shape index (κ2) is 8.53. The quantitative estimate of drug-likeness (QED) is 0.794. The van der Waals surface area contributed by atoms with E-state index in [4.69, 9.17) is 10.5 Å². The summed E-state index contributed by atoms with van der Waals surface area (Å²) in [7, 11) is 1.73. The van der Waals surface area contributed by atoms with E-state index in [0.29, 0.717) is 25.4 Å². The molecule has 2 N–H and O–H groups in total. The summed E-state index contributed by atoms with van der Waals surface area (Å²) in [4.78, 5) is 13.7. The molecule has 1 aromatic carbocycles. The molecule has 1 atom stereocenters. The average molecular weight is 282 g/mol. The molecule has 0 aromatic heterocycles. The van der Waals surface area contributed by atoms with Crippen LogP contribution in [-0.4, -0.2) is 37.6 Å². The molecule has 0 fully saturated rings. The Kier molecular flexibility index (Phi) is 7.01. The van der Waals surface area contributed by atoms with Gasteiger partial charge in [0.2, 0.25) is 5.91 Å². The molecule has 0 aliphatic heterocycles. The lowest BCUT2D eigenvalue weighted by Crippen LogP contribution is -2.38. The number of amides is 1. The monoisotopic (exact) mass is 282 g/mol. The van der Waals surface area contributed by atoms with Gasteiger partial charge in [0.15, 0.2) is 0 Å². The predicted molar refractivity (Wildman–Crippen MR) is 77.0 cm³/mol. The number of carbonyl (C=O) groups is 1. The van der Waals surface area contributed by atoms with Gasteiger partial charge in [0.25, 0.3) is 0 Å². The van der Waals surface area contributed by atoms with E-state index >= 15 is 0 Å². The molecule has 0 saturated heterocycles. The maximum absolute atomic E-state index is 13.0. The minimum absolute atomic E-state index is 0.0391. The number of carbonyl (C=O) groups excluding carboxylic acids is 1. The molecule has 0 aliphatic rings. The molecule has 20 heavy (non-hydrogen) atoms. The predicted octanol–water partition coefficient (Wildman–Crippen LogP) is 2.04. The number of hydrogen-bond donors (Lipinski definition) is 1. The second-order valence-electron chi connectivity index (χ2n) is 4.79. The van der Waals surface area contributed by atoms with Crippen LogP contribution in [0.2, 0.25) is 0 Å². The van der Waals surface area contributed by atoms with Crippen molar-refractivity contribution >= 4 is 5.91 Å². The summed E-state index contributed by atoms with van der Waals surface area (Å²) in [6, 6.07) is 5.95. The zero-order valence-corrected chi connectivity index (χ0v) is 12.1. The Bertz CT molecular complexity index is 426. The minimum Gasteiger partial charge on any atom is -0.492 e. The number of nitrogens with zero attached hydrogens (tertiary/aromatic N) is 1. The van der Waals surface area contributed by atoms with E-state index in [0.717, 1.165) is 12.8 Å². The first-order chi connectivity index (χ1) is 9.58. The van der Waals surface area contributed by atoms with Crippen molar-refractivity contribution in [3.8, 4) is 5.75 Å². The van der Waals surface area contributed by atoms with Gasteiger partial charge in [0.1, 0.15) is 18.2 Å². The van der Waals surface area contributed by atoms with Crippen LogP contribution in [-0.2, 0) is 4.79 Å². The lowest BCUT2D eigenvalue weighted by molar-refractivity contribution is -0.134. The van der Waals surface area contributed by atoms with E-state index in [-0.39, 0.29) is 17.6 Å². The van der Waals surface area contributed by atoms with E-state index in [1.54, 1.807) is 24.1 Å². The van der Waals surface area contributed by atoms with Crippen molar-refractivity contribution in [2.24, 2.45) is 11.7 Å². The highest BCUT2D eigenvalue weighted by Crippen LogP contribution is 2.12. The van der Waals surface area contributed by atoms with Crippen molar-refractivity contribution < 1.29 is 13.9 Å². The smallest absolute Gasteiger partial charge is 0.226 e. The van der Waals surface area contributed by atoms with Crippen molar-refractivity contribution in [2.75, 3.05) is 26.7 Å². The Morgan fingerprint density at radius 3 is 2.85 bits per heavy atom. The van der Waals surface area contributed by atoms with Crippen molar-refractivity contribution in [1.82, 2.24) is 4.90 Å². The van der Waals surface area contributed by atoms with Crippen molar-refractivity contribution in [3.63, 3.8) is 0 Å². The maximum Gasteiger partial charge on any atom is 0.226 e. The van der Waals surface area contributed by atoms with Gasteiger partial charge in [0.05, 0.1) is 12.5 Å². The van der Waals surface area contributed by atoms with Gasteiger partial charge in [-0.1, -0.05) is 19.4 Å². The number of halogens is 1. The van der Waals surface area contributed by atoms with Crippen LogP contribution < -0.4 is 10.5 Å². The Hall–Kier alpha value is -1.62. The van der Waals surface area contributed by atoms with Gasteiger partial charge in [0, 0.05) is 19.7 Å². The van der Waals surface area contributed by atoms with Crippen molar-refractivity contribution in [3.05, 3.63) is 30.1 Å². The molecule has 0 radical (unpaired) electrons. The standard InChI is InChI=1S/C15H23FN2O2/c1-3-5-12(11-17)15(19)18(2)8-9-20-14-7-4-6-13(16)10-14/h4,6-7,10,12H,3,5,8-9,11,17H2,1-2H3. The first kappa shape index (κ1) is 16.4. The third-order valence-electron chi connectivity index (χ3n) is 3.14. The van der Waals surface area contributed by atoms with Crippen LogP contribution in [0.3, 0.4) is 0 Å². The zero-order valence-electron chi connectivity index (χ0n) is 12.1. The van der Waals surface area contributed by atoms with Crippen LogP contribution in [0.5, 0.6) is 5.75 Å². The van der Waals surface area contributed by atoms with E-state index in [1.807, 2.05) is 6.92 Å². The van der Waals surface area contributed by atoms with Crippen molar-refractivity contribution in [1.29, 1.82) is 0 Å². The highest BCUT2D eigenvalue weighted by Gasteiger charge is 2.19. The molecule has 0 heterocycles. The van der Waals surface area contributed by atoms with E-state index < -0.39 is 0 Å². The Morgan fingerprint density at radius 2 is 2.25 bits per heavy atom.